The third-order valence-corrected chi connectivity index (χ3v) is 1.73. The van der Waals surface area contributed by atoms with Gasteiger partial charge < -0.3 is 5.73 Å². The minimum atomic E-state index is 0.491. The largest absolute Gasteiger partial charge is 0.330 e. The third-order valence-electron chi connectivity index (χ3n) is 1.52. The van der Waals surface area contributed by atoms with E-state index in [0.29, 0.717) is 11.7 Å². The number of hydrogen-bond donors (Lipinski definition) is 1. The zero-order chi connectivity index (χ0) is 8.97. The Hall–Kier alpha value is -0.860. The van der Waals surface area contributed by atoms with E-state index in [2.05, 4.69) is 11.6 Å². The van der Waals surface area contributed by atoms with Gasteiger partial charge in [0.25, 0.3) is 0 Å². The van der Waals surface area contributed by atoms with E-state index in [4.69, 9.17) is 17.3 Å². The summed E-state index contributed by atoms with van der Waals surface area (Å²) in [5.74, 6) is 0. The maximum Gasteiger partial charge on any atom is 0.129 e. The molecule has 2 nitrogen and oxygen atoms in total. The van der Waals surface area contributed by atoms with Gasteiger partial charge in [0.2, 0.25) is 0 Å². The van der Waals surface area contributed by atoms with E-state index in [0.717, 1.165) is 17.7 Å². The van der Waals surface area contributed by atoms with Crippen LogP contribution in [-0.4, -0.2) is 11.5 Å². The zero-order valence-corrected chi connectivity index (χ0v) is 7.51. The van der Waals surface area contributed by atoms with Crippen molar-refractivity contribution < 1.29 is 0 Å². The maximum atomic E-state index is 5.71. The Morgan fingerprint density at radius 2 is 2.33 bits per heavy atom. The first-order valence-electron chi connectivity index (χ1n) is 3.75. The number of nitrogens with zero attached hydrogens (tertiary/aromatic N) is 1. The van der Waals surface area contributed by atoms with Crippen molar-refractivity contribution in [1.29, 1.82) is 0 Å². The molecule has 0 amide bonds. The van der Waals surface area contributed by atoms with Crippen LogP contribution in [0.2, 0.25) is 5.15 Å². The number of hydrogen-bond acceptors (Lipinski definition) is 2. The molecule has 1 heterocycles. The molecule has 0 aliphatic carbocycles. The molecule has 64 valence electrons. The first-order valence-corrected chi connectivity index (χ1v) is 4.12. The van der Waals surface area contributed by atoms with Gasteiger partial charge in [0.1, 0.15) is 5.15 Å². The van der Waals surface area contributed by atoms with Crippen LogP contribution >= 0.6 is 11.6 Å². The second-order valence-corrected chi connectivity index (χ2v) is 2.88. The van der Waals surface area contributed by atoms with Crippen LogP contribution in [0.3, 0.4) is 0 Å². The van der Waals surface area contributed by atoms with Crippen molar-refractivity contribution in [2.24, 2.45) is 5.73 Å². The summed E-state index contributed by atoms with van der Waals surface area (Å²) in [7, 11) is 0. The van der Waals surface area contributed by atoms with E-state index in [1.807, 2.05) is 12.1 Å². The number of nitrogens with two attached hydrogens (primary N) is 1. The quantitative estimate of drug-likeness (QED) is 0.728. The van der Waals surface area contributed by atoms with Gasteiger partial charge in [-0.1, -0.05) is 24.2 Å². The summed E-state index contributed by atoms with van der Waals surface area (Å²) >= 11 is 5.71. The summed E-state index contributed by atoms with van der Waals surface area (Å²) in [6.45, 7) is 4.44. The van der Waals surface area contributed by atoms with Gasteiger partial charge in [0, 0.05) is 0 Å². The Morgan fingerprint density at radius 1 is 1.58 bits per heavy atom. The fourth-order valence-corrected chi connectivity index (χ4v) is 1.07. The van der Waals surface area contributed by atoms with Crippen molar-refractivity contribution >= 4 is 17.2 Å². The summed E-state index contributed by atoms with van der Waals surface area (Å²) in [5, 5.41) is 0.491. The highest BCUT2D eigenvalue weighted by atomic mass is 35.5. The summed E-state index contributed by atoms with van der Waals surface area (Å²) in [6, 6.07) is 5.47. The molecular weight excluding hydrogens is 172 g/mol. The second-order valence-electron chi connectivity index (χ2n) is 2.49. The topological polar surface area (TPSA) is 38.9 Å². The molecule has 0 aliphatic rings. The van der Waals surface area contributed by atoms with Crippen LogP contribution in [0.1, 0.15) is 12.1 Å². The van der Waals surface area contributed by atoms with Crippen molar-refractivity contribution in [1.82, 2.24) is 4.98 Å². The van der Waals surface area contributed by atoms with E-state index in [9.17, 15) is 0 Å². The molecule has 0 spiro atoms. The monoisotopic (exact) mass is 182 g/mol. The van der Waals surface area contributed by atoms with Crippen LogP contribution in [-0.2, 0) is 0 Å². The highest BCUT2D eigenvalue weighted by Gasteiger charge is 1.99. The molecule has 0 fully saturated rings. The van der Waals surface area contributed by atoms with Gasteiger partial charge in [0.05, 0.1) is 5.69 Å². The van der Waals surface area contributed by atoms with Gasteiger partial charge >= 0.3 is 0 Å². The highest BCUT2D eigenvalue weighted by molar-refractivity contribution is 6.29. The van der Waals surface area contributed by atoms with Crippen LogP contribution in [0, 0.1) is 0 Å². The average molecular weight is 183 g/mol. The molecular formula is C9H11ClN2. The lowest BCUT2D eigenvalue weighted by atomic mass is 10.1. The van der Waals surface area contributed by atoms with Crippen LogP contribution in [0.25, 0.3) is 5.57 Å². The Morgan fingerprint density at radius 3 is 2.92 bits per heavy atom. The molecule has 0 atom stereocenters. The van der Waals surface area contributed by atoms with Gasteiger partial charge in [0.15, 0.2) is 0 Å². The van der Waals surface area contributed by atoms with Crippen LogP contribution in [0.4, 0.5) is 0 Å². The van der Waals surface area contributed by atoms with Crippen molar-refractivity contribution in [3.63, 3.8) is 0 Å². The molecule has 0 aliphatic heterocycles. The molecule has 2 N–H and O–H groups in total. The molecule has 1 aromatic rings. The Kier molecular flexibility index (Phi) is 3.26. The predicted molar refractivity (Wildman–Crippen MR) is 52.0 cm³/mol. The van der Waals surface area contributed by atoms with Gasteiger partial charge in [-0.05, 0) is 30.7 Å². The summed E-state index contributed by atoms with van der Waals surface area (Å²) in [6.07, 6.45) is 0.757. The number of rotatable bonds is 3. The lowest BCUT2D eigenvalue weighted by molar-refractivity contribution is 1.01. The van der Waals surface area contributed by atoms with Gasteiger partial charge in [-0.15, -0.1) is 0 Å². The van der Waals surface area contributed by atoms with E-state index in [1.54, 1.807) is 6.07 Å². The molecule has 1 aromatic heterocycles. The van der Waals surface area contributed by atoms with E-state index < -0.39 is 0 Å². The smallest absolute Gasteiger partial charge is 0.129 e. The standard InChI is InChI=1S/C9H11ClN2/c1-7(5-6-11)8-3-2-4-9(10)12-8/h2-4H,1,5-6,11H2. The lowest BCUT2D eigenvalue weighted by Crippen LogP contribution is -2.00. The molecule has 0 unspecified atom stereocenters. The minimum absolute atomic E-state index is 0.491. The van der Waals surface area contributed by atoms with E-state index in [1.165, 1.54) is 0 Å². The van der Waals surface area contributed by atoms with Gasteiger partial charge in [-0.3, -0.25) is 0 Å². The average Bonchev–Trinajstić information content (AvgIpc) is 2.05. The molecule has 0 aromatic carbocycles. The Labute approximate surface area is 77.1 Å². The summed E-state index contributed by atoms with van der Waals surface area (Å²) < 4.78 is 0. The maximum absolute atomic E-state index is 5.71. The lowest BCUT2D eigenvalue weighted by Gasteiger charge is -2.02. The van der Waals surface area contributed by atoms with Crippen LogP contribution < -0.4 is 5.73 Å². The first kappa shape index (κ1) is 9.23. The fraction of sp³-hybridized carbons (Fsp3) is 0.222. The zero-order valence-electron chi connectivity index (χ0n) is 6.76. The summed E-state index contributed by atoms with van der Waals surface area (Å²) in [4.78, 5) is 4.10. The minimum Gasteiger partial charge on any atom is -0.330 e. The Bertz CT molecular complexity index is 284. The van der Waals surface area contributed by atoms with Crippen molar-refractivity contribution in [2.45, 2.75) is 6.42 Å². The fourth-order valence-electron chi connectivity index (χ4n) is 0.907. The van der Waals surface area contributed by atoms with Crippen molar-refractivity contribution in [2.75, 3.05) is 6.54 Å². The highest BCUT2D eigenvalue weighted by Crippen LogP contribution is 2.14. The van der Waals surface area contributed by atoms with Gasteiger partial charge in [-0.2, -0.15) is 0 Å². The number of pyridine rings is 1. The molecule has 3 heteroatoms. The second kappa shape index (κ2) is 4.24. The normalized spacial score (nSPS) is 9.83. The number of aromatic nitrogens is 1. The molecule has 12 heavy (non-hydrogen) atoms. The van der Waals surface area contributed by atoms with Crippen LogP contribution in [0.15, 0.2) is 24.8 Å². The first-order chi connectivity index (χ1) is 5.74. The van der Waals surface area contributed by atoms with E-state index >= 15 is 0 Å². The van der Waals surface area contributed by atoms with Crippen molar-refractivity contribution in [3.8, 4) is 0 Å². The summed E-state index contributed by atoms with van der Waals surface area (Å²) in [5.41, 5.74) is 7.14. The molecule has 0 radical (unpaired) electrons. The SMILES string of the molecule is C=C(CCN)c1cccc(Cl)n1. The van der Waals surface area contributed by atoms with Crippen LogP contribution in [0.5, 0.6) is 0 Å². The third kappa shape index (κ3) is 2.32. The van der Waals surface area contributed by atoms with Gasteiger partial charge in [-0.25, -0.2) is 4.98 Å². The van der Waals surface area contributed by atoms with Crippen molar-refractivity contribution in [3.05, 3.63) is 35.6 Å². The Balaban J connectivity index is 2.81. The molecule has 1 rings (SSSR count). The van der Waals surface area contributed by atoms with E-state index in [-0.39, 0.29) is 0 Å². The predicted octanol–water partition coefficient (Wildman–Crippen LogP) is 2.10. The molecule has 0 bridgehead atoms. The molecule has 0 saturated heterocycles. The molecule has 0 saturated carbocycles. The number of halogens is 1.